The maximum atomic E-state index is 13.2. The van der Waals surface area contributed by atoms with E-state index < -0.39 is 7.75 Å². The van der Waals surface area contributed by atoms with Gasteiger partial charge in [-0.15, -0.1) is 11.3 Å². The standard InChI is InChI=1S/C29H37N4O4PS/c1-19-10-11-24(32-25-17-33(18-25)38(35,36)37)15-27(19)29(34)31-20(2)21-6-5-7-22(14-21)28-13-12-26(39-28)16-30-23-8-3-4-9-23/h5-7,10-15,20,23,25,30,32H,3-4,8-9,16-18H2,1-2H3,(H,31,34)(H2,35,36,37). The van der Waals surface area contributed by atoms with Crippen LogP contribution in [0.2, 0.25) is 0 Å². The molecule has 2 fully saturated rings. The van der Waals surface area contributed by atoms with Crippen molar-refractivity contribution >= 4 is 30.7 Å². The summed E-state index contributed by atoms with van der Waals surface area (Å²) in [4.78, 5) is 34.3. The van der Waals surface area contributed by atoms with Crippen LogP contribution in [0.5, 0.6) is 0 Å². The molecule has 5 rings (SSSR count). The van der Waals surface area contributed by atoms with Crippen LogP contribution in [0.25, 0.3) is 10.4 Å². The van der Waals surface area contributed by atoms with E-state index in [9.17, 15) is 19.1 Å². The van der Waals surface area contributed by atoms with E-state index in [-0.39, 0.29) is 31.1 Å². The van der Waals surface area contributed by atoms with Crippen LogP contribution in [-0.2, 0) is 11.1 Å². The highest BCUT2D eigenvalue weighted by Crippen LogP contribution is 2.44. The fourth-order valence-corrected chi connectivity index (χ4v) is 7.05. The lowest BCUT2D eigenvalue weighted by molar-refractivity contribution is 0.0939. The first-order valence-corrected chi connectivity index (χ1v) is 16.0. The van der Waals surface area contributed by atoms with Gasteiger partial charge in [-0.2, -0.15) is 0 Å². The lowest BCUT2D eigenvalue weighted by Crippen LogP contribution is -2.52. The first-order chi connectivity index (χ1) is 18.7. The van der Waals surface area contributed by atoms with Gasteiger partial charge in [0.2, 0.25) is 0 Å². The third kappa shape index (κ3) is 6.98. The molecule has 0 spiro atoms. The molecule has 10 heteroatoms. The van der Waals surface area contributed by atoms with Gasteiger partial charge in [0.05, 0.1) is 12.1 Å². The van der Waals surface area contributed by atoms with E-state index in [2.05, 4.69) is 40.2 Å². The van der Waals surface area contributed by atoms with E-state index in [1.54, 1.807) is 6.07 Å². The average molecular weight is 569 g/mol. The number of hydrogen-bond acceptors (Lipinski definition) is 5. The van der Waals surface area contributed by atoms with Crippen molar-refractivity contribution in [1.82, 2.24) is 15.3 Å². The van der Waals surface area contributed by atoms with Gasteiger partial charge in [0.15, 0.2) is 0 Å². The minimum absolute atomic E-state index is 0.0748. The Bertz CT molecular complexity index is 1360. The Morgan fingerprint density at radius 3 is 2.59 bits per heavy atom. The van der Waals surface area contributed by atoms with Crippen LogP contribution in [0.1, 0.15) is 65.0 Å². The van der Waals surface area contributed by atoms with Gasteiger partial charge in [-0.25, -0.2) is 9.24 Å². The van der Waals surface area contributed by atoms with E-state index in [1.165, 1.54) is 35.4 Å². The van der Waals surface area contributed by atoms with Crippen molar-refractivity contribution in [2.75, 3.05) is 18.4 Å². The van der Waals surface area contributed by atoms with E-state index >= 15 is 0 Å². The zero-order valence-corrected chi connectivity index (χ0v) is 24.1. The van der Waals surface area contributed by atoms with Crippen molar-refractivity contribution in [3.8, 4) is 10.4 Å². The molecular weight excluding hydrogens is 531 g/mol. The molecule has 1 aliphatic carbocycles. The fraction of sp³-hybridized carbons (Fsp3) is 0.414. The second-order valence-corrected chi connectivity index (χ2v) is 13.5. The van der Waals surface area contributed by atoms with Crippen LogP contribution in [0.4, 0.5) is 5.69 Å². The van der Waals surface area contributed by atoms with Crippen LogP contribution in [0, 0.1) is 6.92 Å². The molecule has 1 saturated heterocycles. The van der Waals surface area contributed by atoms with Gasteiger partial charge in [0, 0.05) is 46.7 Å². The van der Waals surface area contributed by atoms with Gasteiger partial charge in [0.25, 0.3) is 5.91 Å². The molecule has 39 heavy (non-hydrogen) atoms. The van der Waals surface area contributed by atoms with Gasteiger partial charge >= 0.3 is 7.75 Å². The Morgan fingerprint density at radius 2 is 1.85 bits per heavy atom. The molecule has 0 radical (unpaired) electrons. The Hall–Kier alpha value is -2.52. The second kappa shape index (κ2) is 11.9. The Kier molecular flexibility index (Phi) is 8.57. The van der Waals surface area contributed by atoms with Crippen molar-refractivity contribution in [2.24, 2.45) is 0 Å². The summed E-state index contributed by atoms with van der Waals surface area (Å²) in [6, 6.07) is 18.7. The zero-order chi connectivity index (χ0) is 27.6. The molecular formula is C29H37N4O4PS. The predicted octanol–water partition coefficient (Wildman–Crippen LogP) is 5.44. The summed E-state index contributed by atoms with van der Waals surface area (Å²) >= 11 is 1.81. The van der Waals surface area contributed by atoms with Crippen molar-refractivity contribution in [3.63, 3.8) is 0 Å². The molecule has 1 amide bonds. The molecule has 3 aromatic rings. The molecule has 1 saturated carbocycles. The molecule has 1 aliphatic heterocycles. The van der Waals surface area contributed by atoms with E-state index in [4.69, 9.17) is 0 Å². The summed E-state index contributed by atoms with van der Waals surface area (Å²) in [7, 11) is -4.19. The third-order valence-corrected chi connectivity index (χ3v) is 9.88. The van der Waals surface area contributed by atoms with Crippen LogP contribution in [0.3, 0.4) is 0 Å². The summed E-state index contributed by atoms with van der Waals surface area (Å²) in [5, 5.41) is 10.1. The number of benzene rings is 2. The maximum absolute atomic E-state index is 13.2. The van der Waals surface area contributed by atoms with Crippen molar-refractivity contribution < 1.29 is 19.1 Å². The molecule has 8 nitrogen and oxygen atoms in total. The minimum atomic E-state index is -4.19. The number of carbonyl (C=O) groups excluding carboxylic acids is 1. The highest BCUT2D eigenvalue weighted by molar-refractivity contribution is 7.49. The molecule has 0 bridgehead atoms. The monoisotopic (exact) mass is 568 g/mol. The number of thiophene rings is 1. The SMILES string of the molecule is Cc1ccc(NC2CN(P(=O)(O)O)C2)cc1C(=O)NC(C)c1cccc(-c2ccc(CNC3CCCC3)s2)c1. The number of nitrogens with one attached hydrogen (secondary N) is 3. The maximum Gasteiger partial charge on any atom is 0.403 e. The van der Waals surface area contributed by atoms with E-state index in [0.29, 0.717) is 11.6 Å². The molecule has 208 valence electrons. The zero-order valence-electron chi connectivity index (χ0n) is 22.4. The van der Waals surface area contributed by atoms with Gasteiger partial charge < -0.3 is 25.7 Å². The largest absolute Gasteiger partial charge is 0.403 e. The first-order valence-electron chi connectivity index (χ1n) is 13.6. The number of nitrogens with zero attached hydrogens (tertiary/aromatic N) is 1. The second-order valence-electron chi connectivity index (χ2n) is 10.7. The summed E-state index contributed by atoms with van der Waals surface area (Å²) < 4.78 is 12.5. The summed E-state index contributed by atoms with van der Waals surface area (Å²) in [5.74, 6) is -0.157. The third-order valence-electron chi connectivity index (χ3n) is 7.68. The van der Waals surface area contributed by atoms with Gasteiger partial charge in [-0.3, -0.25) is 4.79 Å². The molecule has 1 aromatic heterocycles. The summed E-state index contributed by atoms with van der Waals surface area (Å²) in [6.45, 7) is 5.33. The van der Waals surface area contributed by atoms with Crippen LogP contribution in [-0.4, -0.2) is 45.5 Å². The number of rotatable bonds is 10. The molecule has 2 aromatic carbocycles. The minimum Gasteiger partial charge on any atom is -0.380 e. The number of amides is 1. The smallest absolute Gasteiger partial charge is 0.380 e. The van der Waals surface area contributed by atoms with Gasteiger partial charge in [-0.1, -0.05) is 37.1 Å². The molecule has 2 aliphatic rings. The summed E-state index contributed by atoms with van der Waals surface area (Å²) in [5.41, 5.74) is 4.39. The molecule has 1 atom stereocenters. The summed E-state index contributed by atoms with van der Waals surface area (Å²) in [6.07, 6.45) is 5.22. The number of aryl methyl sites for hydroxylation is 1. The number of hydrogen-bond donors (Lipinski definition) is 5. The van der Waals surface area contributed by atoms with Crippen molar-refractivity contribution in [1.29, 1.82) is 0 Å². The highest BCUT2D eigenvalue weighted by Gasteiger charge is 2.37. The topological polar surface area (TPSA) is 114 Å². The molecule has 2 heterocycles. The average Bonchev–Trinajstić information content (AvgIpc) is 3.57. The van der Waals surface area contributed by atoms with Crippen molar-refractivity contribution in [2.45, 2.75) is 64.2 Å². The van der Waals surface area contributed by atoms with E-state index in [1.807, 2.05) is 49.4 Å². The highest BCUT2D eigenvalue weighted by atomic mass is 32.1. The normalized spacial score (nSPS) is 17.6. The first kappa shape index (κ1) is 28.0. The van der Waals surface area contributed by atoms with Crippen LogP contribution < -0.4 is 16.0 Å². The Labute approximate surface area is 234 Å². The Morgan fingerprint density at radius 1 is 1.08 bits per heavy atom. The Balaban J connectivity index is 1.20. The van der Waals surface area contributed by atoms with E-state index in [0.717, 1.165) is 33.6 Å². The quantitative estimate of drug-likeness (QED) is 0.207. The van der Waals surface area contributed by atoms with Gasteiger partial charge in [-0.05, 0) is 73.7 Å². The lowest BCUT2D eigenvalue weighted by atomic mass is 10.0. The lowest BCUT2D eigenvalue weighted by Gasteiger charge is -2.39. The van der Waals surface area contributed by atoms with Crippen LogP contribution in [0.15, 0.2) is 54.6 Å². The van der Waals surface area contributed by atoms with Gasteiger partial charge in [0.1, 0.15) is 0 Å². The molecule has 1 unspecified atom stereocenters. The fourth-order valence-electron chi connectivity index (χ4n) is 5.27. The van der Waals surface area contributed by atoms with Crippen LogP contribution >= 0.6 is 19.1 Å². The number of anilines is 1. The predicted molar refractivity (Wildman–Crippen MR) is 157 cm³/mol. The molecule has 5 N–H and O–H groups in total. The van der Waals surface area contributed by atoms with Crippen molar-refractivity contribution in [3.05, 3.63) is 76.2 Å². The number of carbonyl (C=O) groups is 1.